The van der Waals surface area contributed by atoms with Crippen LogP contribution >= 0.6 is 0 Å². The summed E-state index contributed by atoms with van der Waals surface area (Å²) < 4.78 is 6.71. The molecule has 1 fully saturated rings. The maximum atomic E-state index is 12.3. The molecule has 0 bridgehead atoms. The molecule has 9 heteroatoms. The summed E-state index contributed by atoms with van der Waals surface area (Å²) in [6.45, 7) is 4.74. The second kappa shape index (κ2) is 6.70. The van der Waals surface area contributed by atoms with Crippen molar-refractivity contribution in [3.05, 3.63) is 12.0 Å². The molecule has 1 atom stereocenters. The summed E-state index contributed by atoms with van der Waals surface area (Å²) in [4.78, 5) is 25.3. The number of nitrogens with two attached hydrogens (primary N) is 1. The Hall–Kier alpha value is -2.26. The summed E-state index contributed by atoms with van der Waals surface area (Å²) in [7, 11) is 3.41. The molecule has 2 aromatic heterocycles. The van der Waals surface area contributed by atoms with E-state index in [1.165, 1.54) is 0 Å². The van der Waals surface area contributed by atoms with Crippen LogP contribution in [0.2, 0.25) is 0 Å². The number of fused-ring (bicyclic) bond motifs is 1. The molecule has 1 amide bonds. The second-order valence-electron chi connectivity index (χ2n) is 5.97. The number of hydrogen-bond acceptors (Lipinski definition) is 7. The van der Waals surface area contributed by atoms with Gasteiger partial charge in [0.25, 0.3) is 0 Å². The molecule has 3 heterocycles. The molecule has 1 unspecified atom stereocenters. The van der Waals surface area contributed by atoms with Gasteiger partial charge in [-0.1, -0.05) is 0 Å². The smallest absolute Gasteiger partial charge is 0.241 e. The predicted molar refractivity (Wildman–Crippen MR) is 89.7 cm³/mol. The number of anilines is 1. The lowest BCUT2D eigenvalue weighted by molar-refractivity contribution is -0.134. The van der Waals surface area contributed by atoms with Gasteiger partial charge in [0.1, 0.15) is 17.7 Å². The first-order valence-corrected chi connectivity index (χ1v) is 7.96. The summed E-state index contributed by atoms with van der Waals surface area (Å²) in [5, 5.41) is 5.20. The molecule has 1 aliphatic rings. The molecule has 0 aliphatic carbocycles. The van der Waals surface area contributed by atoms with Gasteiger partial charge in [-0.15, -0.1) is 0 Å². The van der Waals surface area contributed by atoms with E-state index in [1.807, 2.05) is 14.0 Å². The summed E-state index contributed by atoms with van der Waals surface area (Å²) in [5.41, 5.74) is 6.66. The van der Waals surface area contributed by atoms with Gasteiger partial charge in [-0.25, -0.2) is 9.97 Å². The highest BCUT2D eigenvalue weighted by molar-refractivity contribution is 5.87. The largest absolute Gasteiger partial charge is 0.383 e. The van der Waals surface area contributed by atoms with Gasteiger partial charge in [0.2, 0.25) is 5.91 Å². The van der Waals surface area contributed by atoms with Crippen LogP contribution in [0.5, 0.6) is 0 Å². The van der Waals surface area contributed by atoms with Crippen molar-refractivity contribution in [1.29, 1.82) is 0 Å². The van der Waals surface area contributed by atoms with Gasteiger partial charge in [0, 0.05) is 40.3 Å². The van der Waals surface area contributed by atoms with Gasteiger partial charge >= 0.3 is 0 Å². The number of methoxy groups -OCH3 is 1. The van der Waals surface area contributed by atoms with Crippen molar-refractivity contribution in [2.75, 3.05) is 44.8 Å². The maximum absolute atomic E-state index is 12.3. The number of piperazine rings is 1. The Balaban J connectivity index is 1.75. The van der Waals surface area contributed by atoms with E-state index in [9.17, 15) is 4.79 Å². The van der Waals surface area contributed by atoms with Crippen molar-refractivity contribution in [2.24, 2.45) is 12.8 Å². The maximum Gasteiger partial charge on any atom is 0.241 e. The van der Waals surface area contributed by atoms with Crippen LogP contribution in [0.3, 0.4) is 0 Å². The zero-order chi connectivity index (χ0) is 17.3. The number of amides is 1. The molecule has 2 N–H and O–H groups in total. The second-order valence-corrected chi connectivity index (χ2v) is 5.97. The molecular weight excluding hydrogens is 310 g/mol. The fraction of sp³-hybridized carbons (Fsp3) is 0.600. The SMILES string of the molecule is COCC(N)C(=O)N1CCN(c2nc(C)nc3c2cnn3C)CC1. The Labute approximate surface area is 140 Å². The molecule has 0 radical (unpaired) electrons. The van der Waals surface area contributed by atoms with Gasteiger partial charge < -0.3 is 20.3 Å². The number of aryl methyl sites for hydroxylation is 2. The van der Waals surface area contributed by atoms with Crippen LogP contribution in [-0.4, -0.2) is 76.5 Å². The molecule has 3 rings (SSSR count). The first-order valence-electron chi connectivity index (χ1n) is 7.96. The lowest BCUT2D eigenvalue weighted by Crippen LogP contribution is -2.54. The topological polar surface area (TPSA) is 102 Å². The number of hydrogen-bond donors (Lipinski definition) is 1. The number of nitrogens with zero attached hydrogens (tertiary/aromatic N) is 6. The summed E-state index contributed by atoms with van der Waals surface area (Å²) in [6.07, 6.45) is 1.79. The highest BCUT2D eigenvalue weighted by Gasteiger charge is 2.27. The van der Waals surface area contributed by atoms with Crippen LogP contribution < -0.4 is 10.6 Å². The van der Waals surface area contributed by atoms with E-state index in [0.29, 0.717) is 32.0 Å². The summed E-state index contributed by atoms with van der Waals surface area (Å²) >= 11 is 0. The van der Waals surface area contributed by atoms with Crippen molar-refractivity contribution >= 4 is 22.8 Å². The molecule has 130 valence electrons. The van der Waals surface area contributed by atoms with E-state index < -0.39 is 6.04 Å². The van der Waals surface area contributed by atoms with Gasteiger partial charge in [0.15, 0.2) is 5.65 Å². The molecule has 0 saturated carbocycles. The Bertz CT molecular complexity index is 737. The fourth-order valence-corrected chi connectivity index (χ4v) is 2.98. The van der Waals surface area contributed by atoms with Crippen LogP contribution in [0.1, 0.15) is 5.82 Å². The number of aromatic nitrogens is 4. The first kappa shape index (κ1) is 16.6. The molecule has 0 aromatic carbocycles. The van der Waals surface area contributed by atoms with Crippen molar-refractivity contribution in [1.82, 2.24) is 24.6 Å². The Morgan fingerprint density at radius 1 is 1.33 bits per heavy atom. The normalized spacial score (nSPS) is 16.7. The van der Waals surface area contributed by atoms with Gasteiger partial charge in [-0.2, -0.15) is 5.10 Å². The molecule has 2 aromatic rings. The minimum Gasteiger partial charge on any atom is -0.383 e. The Morgan fingerprint density at radius 2 is 2.04 bits per heavy atom. The number of carbonyl (C=O) groups excluding carboxylic acids is 1. The highest BCUT2D eigenvalue weighted by atomic mass is 16.5. The van der Waals surface area contributed by atoms with Crippen LogP contribution in [-0.2, 0) is 16.6 Å². The lowest BCUT2D eigenvalue weighted by Gasteiger charge is -2.36. The van der Waals surface area contributed by atoms with Crippen molar-refractivity contribution in [2.45, 2.75) is 13.0 Å². The van der Waals surface area contributed by atoms with E-state index >= 15 is 0 Å². The third-order valence-electron chi connectivity index (χ3n) is 4.24. The van der Waals surface area contributed by atoms with Crippen LogP contribution in [0.4, 0.5) is 5.82 Å². The van der Waals surface area contributed by atoms with E-state index in [-0.39, 0.29) is 12.5 Å². The van der Waals surface area contributed by atoms with Gasteiger partial charge in [-0.3, -0.25) is 9.48 Å². The number of rotatable bonds is 4. The molecule has 1 saturated heterocycles. The molecule has 9 nitrogen and oxygen atoms in total. The predicted octanol–water partition coefficient (Wildman–Crippen LogP) is -0.706. The summed E-state index contributed by atoms with van der Waals surface area (Å²) in [5.74, 6) is 1.52. The van der Waals surface area contributed by atoms with Crippen LogP contribution in [0.15, 0.2) is 6.20 Å². The average molecular weight is 333 g/mol. The Kier molecular flexibility index (Phi) is 4.63. The van der Waals surface area contributed by atoms with E-state index in [4.69, 9.17) is 10.5 Å². The van der Waals surface area contributed by atoms with Crippen molar-refractivity contribution in [3.63, 3.8) is 0 Å². The monoisotopic (exact) mass is 333 g/mol. The minimum atomic E-state index is -0.604. The standard InChI is InChI=1S/C15H23N7O2/c1-10-18-13-11(8-17-20(13)2)14(19-10)21-4-6-22(7-5-21)15(23)12(16)9-24-3/h8,12H,4-7,9,16H2,1-3H3. The third-order valence-corrected chi connectivity index (χ3v) is 4.24. The summed E-state index contributed by atoms with van der Waals surface area (Å²) in [6, 6.07) is -0.604. The van der Waals surface area contributed by atoms with E-state index in [1.54, 1.807) is 22.9 Å². The fourth-order valence-electron chi connectivity index (χ4n) is 2.98. The molecule has 1 aliphatic heterocycles. The van der Waals surface area contributed by atoms with Crippen LogP contribution in [0, 0.1) is 6.92 Å². The highest BCUT2D eigenvalue weighted by Crippen LogP contribution is 2.24. The van der Waals surface area contributed by atoms with E-state index in [2.05, 4.69) is 20.0 Å². The van der Waals surface area contributed by atoms with Crippen molar-refractivity contribution < 1.29 is 9.53 Å². The third kappa shape index (κ3) is 3.04. The van der Waals surface area contributed by atoms with Gasteiger partial charge in [0.05, 0.1) is 18.2 Å². The zero-order valence-electron chi connectivity index (χ0n) is 14.3. The molecule has 24 heavy (non-hydrogen) atoms. The molecule has 0 spiro atoms. The first-order chi connectivity index (χ1) is 11.5. The van der Waals surface area contributed by atoms with Crippen molar-refractivity contribution in [3.8, 4) is 0 Å². The average Bonchev–Trinajstić information content (AvgIpc) is 2.95. The van der Waals surface area contributed by atoms with Crippen LogP contribution in [0.25, 0.3) is 11.0 Å². The Morgan fingerprint density at radius 3 is 2.71 bits per heavy atom. The number of carbonyl (C=O) groups is 1. The number of ether oxygens (including phenoxy) is 1. The van der Waals surface area contributed by atoms with Gasteiger partial charge in [-0.05, 0) is 6.92 Å². The van der Waals surface area contributed by atoms with E-state index in [0.717, 1.165) is 16.9 Å². The lowest BCUT2D eigenvalue weighted by atomic mass is 10.2. The quantitative estimate of drug-likeness (QED) is 0.789. The molecular formula is C15H23N7O2. The zero-order valence-corrected chi connectivity index (χ0v) is 14.3. The minimum absolute atomic E-state index is 0.0677.